The maximum atomic E-state index is 5.87. The molecule has 0 N–H and O–H groups in total. The summed E-state index contributed by atoms with van der Waals surface area (Å²) >= 11 is 0. The average molecular weight is 474 g/mol. The van der Waals surface area contributed by atoms with Crippen LogP contribution in [-0.4, -0.2) is 62.7 Å². The number of benzene rings is 1. The lowest BCUT2D eigenvalue weighted by molar-refractivity contribution is -0.162. The van der Waals surface area contributed by atoms with E-state index in [2.05, 4.69) is 43.5 Å². The van der Waals surface area contributed by atoms with E-state index >= 15 is 0 Å². The second kappa shape index (κ2) is 11.4. The Balaban J connectivity index is 1.25. The van der Waals surface area contributed by atoms with E-state index in [1.165, 1.54) is 6.42 Å². The first kappa shape index (κ1) is 23.4. The monoisotopic (exact) mass is 473 g/mol. The summed E-state index contributed by atoms with van der Waals surface area (Å²) in [5.74, 6) is 0.0814. The third kappa shape index (κ3) is 5.86. The standard InChI is InChI=1S/C26H31N7O2/c1-27-16-21(7-2-4-13-34-24-9-3-5-14-35-24)23-17-29-25-26(30-23)33(32-31-25)18-19-10-11-22-20(15-19)8-6-12-28-22/h6,8,10-12,15-17,21,24H,2-5,7,9,13-14,18H2,1H3. The number of hydrogen-bond donors (Lipinski definition) is 0. The zero-order chi connectivity index (χ0) is 23.9. The lowest BCUT2D eigenvalue weighted by Crippen LogP contribution is -2.22. The van der Waals surface area contributed by atoms with Gasteiger partial charge in [-0.2, -0.15) is 0 Å². The van der Waals surface area contributed by atoms with Gasteiger partial charge in [-0.1, -0.05) is 23.8 Å². The molecule has 0 amide bonds. The fourth-order valence-electron chi connectivity index (χ4n) is 4.45. The fraction of sp³-hybridized carbons (Fsp3) is 0.462. The Bertz CT molecular complexity index is 1280. The molecule has 0 spiro atoms. The first-order chi connectivity index (χ1) is 17.3. The first-order valence-electron chi connectivity index (χ1n) is 12.4. The molecule has 5 rings (SSSR count). The number of fused-ring (bicyclic) bond motifs is 2. The maximum absolute atomic E-state index is 5.87. The van der Waals surface area contributed by atoms with E-state index < -0.39 is 0 Å². The third-order valence-corrected chi connectivity index (χ3v) is 6.31. The van der Waals surface area contributed by atoms with E-state index in [1.807, 2.05) is 23.0 Å². The van der Waals surface area contributed by atoms with Crippen LogP contribution in [0.5, 0.6) is 0 Å². The summed E-state index contributed by atoms with van der Waals surface area (Å²) in [4.78, 5) is 18.1. The molecule has 2 unspecified atom stereocenters. The molecule has 0 aliphatic carbocycles. The number of aliphatic imine (C=N–C) groups is 1. The normalized spacial score (nSPS) is 17.5. The highest BCUT2D eigenvalue weighted by Gasteiger charge is 2.17. The predicted octanol–water partition coefficient (Wildman–Crippen LogP) is 4.32. The molecule has 0 radical (unpaired) electrons. The molecule has 0 saturated carbocycles. The minimum Gasteiger partial charge on any atom is -0.353 e. The van der Waals surface area contributed by atoms with Crippen LogP contribution in [0.3, 0.4) is 0 Å². The van der Waals surface area contributed by atoms with Crippen molar-refractivity contribution in [1.82, 2.24) is 29.9 Å². The van der Waals surface area contributed by atoms with Gasteiger partial charge in [-0.3, -0.25) is 4.98 Å². The molecular weight excluding hydrogens is 442 g/mol. The van der Waals surface area contributed by atoms with Crippen LogP contribution in [0, 0.1) is 0 Å². The smallest absolute Gasteiger partial charge is 0.221 e. The lowest BCUT2D eigenvalue weighted by atomic mass is 10.00. The molecule has 1 aliphatic rings. The number of rotatable bonds is 10. The Morgan fingerprint density at radius 3 is 3.09 bits per heavy atom. The molecule has 1 saturated heterocycles. The van der Waals surface area contributed by atoms with Crippen molar-refractivity contribution in [3.63, 3.8) is 0 Å². The van der Waals surface area contributed by atoms with Gasteiger partial charge >= 0.3 is 0 Å². The van der Waals surface area contributed by atoms with E-state index in [9.17, 15) is 0 Å². The van der Waals surface area contributed by atoms with Gasteiger partial charge in [-0.15, -0.1) is 5.10 Å². The van der Waals surface area contributed by atoms with Crippen LogP contribution in [0.2, 0.25) is 0 Å². The molecule has 9 nitrogen and oxygen atoms in total. The Kier molecular flexibility index (Phi) is 7.65. The van der Waals surface area contributed by atoms with Gasteiger partial charge in [-0.05, 0) is 55.9 Å². The SMILES string of the molecule is CN=CC(CCCCOC1CCCCO1)c1cnc2nnn(Cc3ccc4ncccc4c3)c2n1. The summed E-state index contributed by atoms with van der Waals surface area (Å²) in [6.45, 7) is 2.08. The van der Waals surface area contributed by atoms with Crippen molar-refractivity contribution in [2.75, 3.05) is 20.3 Å². The molecule has 3 aromatic heterocycles. The van der Waals surface area contributed by atoms with Crippen molar-refractivity contribution in [3.8, 4) is 0 Å². The Morgan fingerprint density at radius 1 is 1.23 bits per heavy atom. The summed E-state index contributed by atoms with van der Waals surface area (Å²) in [5, 5.41) is 9.63. The number of unbranched alkanes of at least 4 members (excludes halogenated alkanes) is 1. The number of ether oxygens (including phenoxy) is 2. The van der Waals surface area contributed by atoms with Gasteiger partial charge in [0.2, 0.25) is 5.65 Å². The first-order valence-corrected chi connectivity index (χ1v) is 12.4. The molecule has 1 aromatic carbocycles. The second-order valence-corrected chi connectivity index (χ2v) is 8.90. The van der Waals surface area contributed by atoms with Crippen LogP contribution in [-0.2, 0) is 16.0 Å². The highest BCUT2D eigenvalue weighted by Crippen LogP contribution is 2.21. The zero-order valence-corrected chi connectivity index (χ0v) is 20.1. The third-order valence-electron chi connectivity index (χ3n) is 6.31. The molecule has 9 heteroatoms. The van der Waals surface area contributed by atoms with E-state index in [1.54, 1.807) is 19.4 Å². The number of aromatic nitrogens is 6. The van der Waals surface area contributed by atoms with Crippen molar-refractivity contribution in [3.05, 3.63) is 54.0 Å². The molecule has 4 aromatic rings. The summed E-state index contributed by atoms with van der Waals surface area (Å²) in [7, 11) is 1.79. The quantitative estimate of drug-likeness (QED) is 0.250. The molecule has 35 heavy (non-hydrogen) atoms. The minimum atomic E-state index is -0.0309. The van der Waals surface area contributed by atoms with Gasteiger partial charge in [-0.25, -0.2) is 14.6 Å². The molecule has 2 atom stereocenters. The van der Waals surface area contributed by atoms with Crippen LogP contribution in [0.25, 0.3) is 22.2 Å². The van der Waals surface area contributed by atoms with Gasteiger partial charge in [0.25, 0.3) is 0 Å². The molecule has 4 heterocycles. The van der Waals surface area contributed by atoms with Crippen molar-refractivity contribution >= 4 is 28.4 Å². The highest BCUT2D eigenvalue weighted by atomic mass is 16.7. The van der Waals surface area contributed by atoms with Crippen molar-refractivity contribution in [2.45, 2.75) is 57.3 Å². The van der Waals surface area contributed by atoms with Crippen LogP contribution in [0.4, 0.5) is 0 Å². The van der Waals surface area contributed by atoms with Gasteiger partial charge in [0, 0.05) is 44.0 Å². The van der Waals surface area contributed by atoms with Crippen LogP contribution >= 0.6 is 0 Å². The average Bonchev–Trinajstić information content (AvgIpc) is 3.30. The summed E-state index contributed by atoms with van der Waals surface area (Å²) < 4.78 is 13.3. The lowest BCUT2D eigenvalue weighted by Gasteiger charge is -2.22. The summed E-state index contributed by atoms with van der Waals surface area (Å²) in [6.07, 6.45) is 11.7. The van der Waals surface area contributed by atoms with Crippen molar-refractivity contribution < 1.29 is 9.47 Å². The minimum absolute atomic E-state index is 0.0309. The number of hydrogen-bond acceptors (Lipinski definition) is 8. The predicted molar refractivity (Wildman–Crippen MR) is 135 cm³/mol. The van der Waals surface area contributed by atoms with E-state index in [0.717, 1.165) is 60.9 Å². The van der Waals surface area contributed by atoms with E-state index in [-0.39, 0.29) is 12.2 Å². The van der Waals surface area contributed by atoms with E-state index in [0.29, 0.717) is 24.4 Å². The van der Waals surface area contributed by atoms with Gasteiger partial charge in [0.15, 0.2) is 11.9 Å². The largest absolute Gasteiger partial charge is 0.353 e. The Labute approximate surface area is 204 Å². The van der Waals surface area contributed by atoms with Crippen molar-refractivity contribution in [1.29, 1.82) is 0 Å². The Hall–Kier alpha value is -3.30. The fourth-order valence-corrected chi connectivity index (χ4v) is 4.45. The molecule has 1 aliphatic heterocycles. The van der Waals surface area contributed by atoms with Gasteiger partial charge in [0.05, 0.1) is 24.0 Å². The summed E-state index contributed by atoms with van der Waals surface area (Å²) in [5.41, 5.74) is 4.19. The number of pyridine rings is 1. The zero-order valence-electron chi connectivity index (χ0n) is 20.1. The maximum Gasteiger partial charge on any atom is 0.221 e. The molecule has 182 valence electrons. The molecule has 1 fully saturated rings. The number of nitrogens with zero attached hydrogens (tertiary/aromatic N) is 7. The van der Waals surface area contributed by atoms with Gasteiger partial charge in [0.1, 0.15) is 0 Å². The molecule has 0 bridgehead atoms. The topological polar surface area (TPSA) is 100 Å². The van der Waals surface area contributed by atoms with Crippen LogP contribution in [0.1, 0.15) is 55.7 Å². The highest BCUT2D eigenvalue weighted by molar-refractivity contribution is 5.79. The van der Waals surface area contributed by atoms with Crippen LogP contribution < -0.4 is 0 Å². The van der Waals surface area contributed by atoms with Crippen LogP contribution in [0.15, 0.2) is 47.7 Å². The Morgan fingerprint density at radius 2 is 2.20 bits per heavy atom. The second-order valence-electron chi connectivity index (χ2n) is 8.90. The summed E-state index contributed by atoms with van der Waals surface area (Å²) in [6, 6.07) is 10.2. The van der Waals surface area contributed by atoms with Gasteiger partial charge < -0.3 is 14.5 Å². The molecular formula is C26H31N7O2. The van der Waals surface area contributed by atoms with Crippen molar-refractivity contribution in [2.24, 2.45) is 4.99 Å². The van der Waals surface area contributed by atoms with E-state index in [4.69, 9.17) is 14.5 Å².